The summed E-state index contributed by atoms with van der Waals surface area (Å²) in [6, 6.07) is 1.51. The topological polar surface area (TPSA) is 89.3 Å². The molecule has 0 bridgehead atoms. The van der Waals surface area contributed by atoms with E-state index < -0.39 is 17.7 Å². The van der Waals surface area contributed by atoms with Crippen LogP contribution < -0.4 is 10.00 Å². The van der Waals surface area contributed by atoms with Crippen LogP contribution in [0.1, 0.15) is 25.2 Å². The molecule has 1 aromatic heterocycles. The number of nitrogens with one attached hydrogen (secondary N) is 2. The highest BCUT2D eigenvalue weighted by Crippen LogP contribution is 2.16. The zero-order valence-corrected chi connectivity index (χ0v) is 12.2. The zero-order valence-electron chi connectivity index (χ0n) is 12.2. The highest BCUT2D eigenvalue weighted by atomic mass is 16.3. The third-order valence-corrected chi connectivity index (χ3v) is 3.39. The number of aryl methyl sites for hydroxylation is 2. The highest BCUT2D eigenvalue weighted by molar-refractivity contribution is 6.06. The lowest BCUT2D eigenvalue weighted by Gasteiger charge is -2.17. The number of carbonyl (C=O) groups is 2. The number of imide groups is 1. The van der Waals surface area contributed by atoms with E-state index in [1.165, 1.54) is 0 Å². The van der Waals surface area contributed by atoms with Crippen molar-refractivity contribution in [2.75, 3.05) is 6.54 Å². The number of nitrogens with zero attached hydrogens (tertiary/aromatic N) is 2. The zero-order chi connectivity index (χ0) is 15.1. The van der Waals surface area contributed by atoms with Gasteiger partial charge in [-0.15, -0.1) is 4.68 Å². The number of β-amino-alcohol motifs (C(OH)–C–C–N with tert-alkyl or cyclic N) is 1. The Balaban J connectivity index is 2.02. The molecular formula is C13H21N4O3+. The van der Waals surface area contributed by atoms with E-state index in [9.17, 15) is 14.7 Å². The summed E-state index contributed by atoms with van der Waals surface area (Å²) in [4.78, 5) is 24.8. The van der Waals surface area contributed by atoms with E-state index in [1.54, 1.807) is 18.5 Å². The summed E-state index contributed by atoms with van der Waals surface area (Å²) in [6.45, 7) is 7.43. The van der Waals surface area contributed by atoms with E-state index >= 15 is 0 Å². The van der Waals surface area contributed by atoms with Crippen LogP contribution in [0.4, 0.5) is 4.79 Å². The van der Waals surface area contributed by atoms with Gasteiger partial charge in [-0.1, -0.05) is 0 Å². The van der Waals surface area contributed by atoms with Gasteiger partial charge in [0.25, 0.3) is 5.91 Å². The van der Waals surface area contributed by atoms with Crippen molar-refractivity contribution in [1.82, 2.24) is 15.3 Å². The predicted molar refractivity (Wildman–Crippen MR) is 70.8 cm³/mol. The van der Waals surface area contributed by atoms with Gasteiger partial charge in [0.05, 0.1) is 12.2 Å². The molecule has 7 nitrogen and oxygen atoms in total. The van der Waals surface area contributed by atoms with E-state index in [-0.39, 0.29) is 12.5 Å². The van der Waals surface area contributed by atoms with Crippen LogP contribution in [0.25, 0.3) is 0 Å². The van der Waals surface area contributed by atoms with E-state index in [1.807, 2.05) is 19.9 Å². The number of hydrogen-bond acceptors (Lipinski definition) is 3. The van der Waals surface area contributed by atoms with Crippen molar-refractivity contribution in [3.05, 3.63) is 17.5 Å². The van der Waals surface area contributed by atoms with Crippen molar-refractivity contribution >= 4 is 11.9 Å². The first-order valence-electron chi connectivity index (χ1n) is 6.59. The normalized spacial score (nSPS) is 19.4. The maximum atomic E-state index is 12.0. The standard InChI is InChI=1S/C13H20N4O3/c1-8-5-9(2)17(15-8)7-10(18)6-16-11(19)13(3,4)14-12(16)20/h5,10,18H,6-7H2,1-4H3,(H,14,20)/p+1. The van der Waals surface area contributed by atoms with Crippen LogP contribution in [-0.4, -0.2) is 45.2 Å². The molecule has 1 unspecified atom stereocenters. The van der Waals surface area contributed by atoms with Gasteiger partial charge in [-0.25, -0.2) is 4.79 Å². The Hall–Kier alpha value is -1.89. The van der Waals surface area contributed by atoms with Gasteiger partial charge in [-0.05, 0) is 20.8 Å². The molecule has 1 atom stereocenters. The third-order valence-electron chi connectivity index (χ3n) is 3.39. The van der Waals surface area contributed by atoms with Gasteiger partial charge < -0.3 is 10.4 Å². The van der Waals surface area contributed by atoms with Gasteiger partial charge in [0.1, 0.15) is 11.6 Å². The van der Waals surface area contributed by atoms with Gasteiger partial charge in [0, 0.05) is 13.0 Å². The van der Waals surface area contributed by atoms with Crippen molar-refractivity contribution < 1.29 is 19.4 Å². The molecule has 1 fully saturated rings. The Morgan fingerprint density at radius 1 is 1.40 bits per heavy atom. The first-order chi connectivity index (χ1) is 9.20. The average molecular weight is 281 g/mol. The van der Waals surface area contributed by atoms with Crippen LogP contribution in [0.3, 0.4) is 0 Å². The Kier molecular flexibility index (Phi) is 3.56. The maximum absolute atomic E-state index is 12.0. The number of hydrogen-bond donors (Lipinski definition) is 3. The van der Waals surface area contributed by atoms with Gasteiger partial charge in [0.2, 0.25) is 5.69 Å². The predicted octanol–water partition coefficient (Wildman–Crippen LogP) is -0.390. The molecule has 1 aliphatic rings. The van der Waals surface area contributed by atoms with Crippen molar-refractivity contribution in [2.45, 2.75) is 45.9 Å². The van der Waals surface area contributed by atoms with Crippen molar-refractivity contribution in [1.29, 1.82) is 0 Å². The minimum atomic E-state index is -0.900. The van der Waals surface area contributed by atoms with E-state index in [0.717, 1.165) is 16.3 Å². The lowest BCUT2D eigenvalue weighted by Crippen LogP contribution is -2.49. The number of urea groups is 1. The number of aliphatic hydroxyl groups excluding tert-OH is 1. The fourth-order valence-electron chi connectivity index (χ4n) is 2.38. The van der Waals surface area contributed by atoms with Crippen LogP contribution in [0.5, 0.6) is 0 Å². The van der Waals surface area contributed by atoms with Crippen LogP contribution in [0, 0.1) is 13.8 Å². The molecule has 7 heteroatoms. The van der Waals surface area contributed by atoms with Crippen LogP contribution in [-0.2, 0) is 11.3 Å². The summed E-state index contributed by atoms with van der Waals surface area (Å²) < 4.78 is 1.80. The number of rotatable bonds is 4. The van der Waals surface area contributed by atoms with Crippen LogP contribution >= 0.6 is 0 Å². The Morgan fingerprint density at radius 3 is 2.50 bits per heavy atom. The molecule has 1 aliphatic heterocycles. The smallest absolute Gasteiger partial charge is 0.325 e. The number of aliphatic hydroxyl groups is 1. The van der Waals surface area contributed by atoms with Gasteiger partial charge >= 0.3 is 6.03 Å². The molecule has 2 heterocycles. The number of aromatic amines is 1. The maximum Gasteiger partial charge on any atom is 0.325 e. The van der Waals surface area contributed by atoms with E-state index in [0.29, 0.717) is 6.54 Å². The summed E-state index contributed by atoms with van der Waals surface area (Å²) in [5.41, 5.74) is 1.08. The monoisotopic (exact) mass is 281 g/mol. The Bertz CT molecular complexity index is 550. The molecule has 20 heavy (non-hydrogen) atoms. The molecule has 0 aliphatic carbocycles. The number of H-pyrrole nitrogens is 1. The quantitative estimate of drug-likeness (QED) is 0.519. The Labute approximate surface area is 117 Å². The largest absolute Gasteiger partial charge is 0.385 e. The summed E-state index contributed by atoms with van der Waals surface area (Å²) >= 11 is 0. The van der Waals surface area contributed by atoms with Crippen LogP contribution in [0.2, 0.25) is 0 Å². The van der Waals surface area contributed by atoms with Gasteiger partial charge in [-0.3, -0.25) is 9.69 Å². The van der Waals surface area contributed by atoms with E-state index in [2.05, 4.69) is 10.4 Å². The molecule has 0 aromatic carbocycles. The van der Waals surface area contributed by atoms with Crippen molar-refractivity contribution in [3.8, 4) is 0 Å². The molecule has 3 N–H and O–H groups in total. The molecule has 1 saturated heterocycles. The van der Waals surface area contributed by atoms with Crippen molar-refractivity contribution in [2.24, 2.45) is 0 Å². The lowest BCUT2D eigenvalue weighted by atomic mass is 10.1. The molecular weight excluding hydrogens is 260 g/mol. The van der Waals surface area contributed by atoms with E-state index in [4.69, 9.17) is 0 Å². The molecule has 0 spiro atoms. The molecule has 1 aromatic rings. The molecule has 3 amide bonds. The summed E-state index contributed by atoms with van der Waals surface area (Å²) in [7, 11) is 0. The molecule has 110 valence electrons. The number of amides is 3. The van der Waals surface area contributed by atoms with Gasteiger partial charge in [0.15, 0.2) is 6.54 Å². The fourth-order valence-corrected chi connectivity index (χ4v) is 2.38. The first-order valence-corrected chi connectivity index (χ1v) is 6.59. The lowest BCUT2D eigenvalue weighted by molar-refractivity contribution is -0.760. The first kappa shape index (κ1) is 14.5. The second-order valence-corrected chi connectivity index (χ2v) is 5.82. The summed E-state index contributed by atoms with van der Waals surface area (Å²) in [5, 5.41) is 15.8. The highest BCUT2D eigenvalue weighted by Gasteiger charge is 2.45. The van der Waals surface area contributed by atoms with Gasteiger partial charge in [-0.2, -0.15) is 5.10 Å². The number of aromatic nitrogens is 2. The second kappa shape index (κ2) is 4.90. The number of carbonyl (C=O) groups excluding carboxylic acids is 2. The third kappa shape index (κ3) is 2.67. The second-order valence-electron chi connectivity index (χ2n) is 5.82. The minimum absolute atomic E-state index is 0.0153. The summed E-state index contributed by atoms with van der Waals surface area (Å²) in [6.07, 6.45) is -0.819. The average Bonchev–Trinajstić information content (AvgIpc) is 2.71. The fraction of sp³-hybridized carbons (Fsp3) is 0.615. The SMILES string of the molecule is Cc1cc(C)[n+](CC(O)CN2C(=O)NC(C)(C)C2=O)[nH]1. The Morgan fingerprint density at radius 2 is 2.05 bits per heavy atom. The molecule has 0 saturated carbocycles. The van der Waals surface area contributed by atoms with Crippen LogP contribution in [0.15, 0.2) is 6.07 Å². The summed E-state index contributed by atoms with van der Waals surface area (Å²) in [5.74, 6) is -0.314. The van der Waals surface area contributed by atoms with Crippen molar-refractivity contribution in [3.63, 3.8) is 0 Å². The minimum Gasteiger partial charge on any atom is -0.385 e. The molecule has 0 radical (unpaired) electrons. The molecule has 2 rings (SSSR count).